The number of amides is 1. The van der Waals surface area contributed by atoms with E-state index < -0.39 is 0 Å². The third-order valence-electron chi connectivity index (χ3n) is 0.626. The van der Waals surface area contributed by atoms with Crippen molar-refractivity contribution in [1.29, 1.82) is 0 Å². The largest absolute Gasteiger partial charge is 0.370 e. The number of rotatable bonds is 2. The van der Waals surface area contributed by atoms with Gasteiger partial charge >= 0.3 is 0 Å². The molecule has 0 saturated carbocycles. The normalized spacial score (nSPS) is 7.50. The van der Waals surface area contributed by atoms with Crippen LogP contribution < -0.4 is 5.73 Å². The fraction of sp³-hybridized carbons (Fsp3) is 0.667. The average molecular weight is 166 g/mol. The maximum absolute atomic E-state index is 9.59. The number of primary amides is 1. The molecule has 10 heavy (non-hydrogen) atoms. The molecule has 0 rings (SSSR count). The summed E-state index contributed by atoms with van der Waals surface area (Å²) < 4.78 is 0. The lowest BCUT2D eigenvalue weighted by molar-refractivity contribution is -0.117. The van der Waals surface area contributed by atoms with E-state index in [2.05, 4.69) is 5.73 Å². The lowest BCUT2D eigenvalue weighted by Gasteiger charge is -1.73. The van der Waals surface area contributed by atoms with Gasteiger partial charge in [-0.25, -0.2) is 0 Å². The molecule has 0 aliphatic heterocycles. The Balaban J connectivity index is 0. The molecule has 0 saturated heterocycles. The molecular weight excluding hydrogens is 154 g/mol. The number of carbonyl (C=O) groups excluding carboxylic acids is 2. The molecule has 0 atom stereocenters. The monoisotopic (exact) mass is 165 g/mol. The molecule has 0 spiro atoms. The Kier molecular flexibility index (Phi) is 10.2. The Labute approximate surface area is 65.5 Å². The fourth-order valence-corrected chi connectivity index (χ4v) is 0. The molecule has 1 amide bonds. The molecule has 0 bridgehead atoms. The van der Waals surface area contributed by atoms with E-state index in [1.807, 2.05) is 0 Å². The second-order valence-electron chi connectivity index (χ2n) is 1.53. The molecule has 0 aromatic heterocycles. The van der Waals surface area contributed by atoms with E-state index in [4.69, 9.17) is 11.6 Å². The van der Waals surface area contributed by atoms with Crippen LogP contribution in [0.25, 0.3) is 0 Å². The van der Waals surface area contributed by atoms with Gasteiger partial charge in [-0.05, 0) is 11.6 Å². The molecular formula is C6H12ClNO2. The van der Waals surface area contributed by atoms with Gasteiger partial charge in [-0.2, -0.15) is 0 Å². The molecule has 4 heteroatoms. The first-order chi connectivity index (χ1) is 4.54. The van der Waals surface area contributed by atoms with E-state index >= 15 is 0 Å². The van der Waals surface area contributed by atoms with Crippen LogP contribution in [0.3, 0.4) is 0 Å². The van der Waals surface area contributed by atoms with Gasteiger partial charge < -0.3 is 5.73 Å². The summed E-state index contributed by atoms with van der Waals surface area (Å²) in [6, 6.07) is 0. The lowest BCUT2D eigenvalue weighted by atomic mass is 10.5. The highest BCUT2D eigenvalue weighted by atomic mass is 35.5. The van der Waals surface area contributed by atoms with Crippen molar-refractivity contribution in [2.24, 2.45) is 5.73 Å². The van der Waals surface area contributed by atoms with E-state index in [1.54, 1.807) is 13.8 Å². The molecule has 0 aromatic rings. The van der Waals surface area contributed by atoms with Crippen molar-refractivity contribution in [2.45, 2.75) is 26.7 Å². The summed E-state index contributed by atoms with van der Waals surface area (Å²) in [5.41, 5.74) is 4.65. The summed E-state index contributed by atoms with van der Waals surface area (Å²) >= 11 is 4.82. The van der Waals surface area contributed by atoms with Crippen LogP contribution in [-0.4, -0.2) is 11.1 Å². The Hall–Kier alpha value is -0.570. The highest BCUT2D eigenvalue weighted by Gasteiger charge is 1.81. The van der Waals surface area contributed by atoms with Gasteiger partial charge in [0.2, 0.25) is 11.1 Å². The summed E-state index contributed by atoms with van der Waals surface area (Å²) in [6.45, 7) is 3.44. The van der Waals surface area contributed by atoms with Crippen molar-refractivity contribution in [3.05, 3.63) is 0 Å². The van der Waals surface area contributed by atoms with Crippen molar-refractivity contribution >= 4 is 22.8 Å². The molecule has 0 aliphatic carbocycles. The second-order valence-corrected chi connectivity index (χ2v) is 1.95. The van der Waals surface area contributed by atoms with Crippen LogP contribution in [-0.2, 0) is 9.59 Å². The second kappa shape index (κ2) is 8.43. The number of hydrogen-bond donors (Lipinski definition) is 1. The van der Waals surface area contributed by atoms with Gasteiger partial charge in [0.15, 0.2) is 0 Å². The van der Waals surface area contributed by atoms with Crippen molar-refractivity contribution in [3.63, 3.8) is 0 Å². The van der Waals surface area contributed by atoms with Crippen molar-refractivity contribution in [2.75, 3.05) is 0 Å². The van der Waals surface area contributed by atoms with Crippen molar-refractivity contribution < 1.29 is 9.59 Å². The average Bonchev–Trinajstić information content (AvgIpc) is 1.89. The van der Waals surface area contributed by atoms with Crippen LogP contribution in [0.5, 0.6) is 0 Å². The third-order valence-corrected chi connectivity index (χ3v) is 0.894. The zero-order chi connectivity index (χ0) is 8.57. The van der Waals surface area contributed by atoms with E-state index in [0.29, 0.717) is 12.8 Å². The number of carbonyl (C=O) groups is 2. The minimum atomic E-state index is -0.273. The van der Waals surface area contributed by atoms with Gasteiger partial charge in [-0.1, -0.05) is 13.8 Å². The summed E-state index contributed by atoms with van der Waals surface area (Å²) in [5, 5.41) is -0.273. The quantitative estimate of drug-likeness (QED) is 0.622. The fourth-order valence-electron chi connectivity index (χ4n) is 0. The van der Waals surface area contributed by atoms with Gasteiger partial charge in [-0.15, -0.1) is 0 Å². The smallest absolute Gasteiger partial charge is 0.221 e. The maximum atomic E-state index is 9.59. The highest BCUT2D eigenvalue weighted by Crippen LogP contribution is 1.81. The van der Waals surface area contributed by atoms with Gasteiger partial charge in [-0.3, -0.25) is 9.59 Å². The summed E-state index contributed by atoms with van der Waals surface area (Å²) in [4.78, 5) is 19.2. The Morgan fingerprint density at radius 3 is 1.50 bits per heavy atom. The maximum Gasteiger partial charge on any atom is 0.221 e. The zero-order valence-electron chi connectivity index (χ0n) is 6.19. The van der Waals surface area contributed by atoms with Crippen LogP contribution in [0.15, 0.2) is 0 Å². The summed E-state index contributed by atoms with van der Waals surface area (Å²) in [6.07, 6.45) is 0.877. The molecule has 3 nitrogen and oxygen atoms in total. The van der Waals surface area contributed by atoms with Gasteiger partial charge in [0, 0.05) is 12.8 Å². The molecule has 2 N–H and O–H groups in total. The standard InChI is InChI=1S/C3H5ClO.C3H7NO/c2*1-2-3(4)5/h2H2,1H3;2H2,1H3,(H2,4,5). The Morgan fingerprint density at radius 2 is 1.50 bits per heavy atom. The van der Waals surface area contributed by atoms with E-state index in [9.17, 15) is 9.59 Å². The first-order valence-electron chi connectivity index (χ1n) is 3.01. The SMILES string of the molecule is CCC(=O)Cl.CCC(N)=O. The van der Waals surface area contributed by atoms with Crippen LogP contribution in [0.4, 0.5) is 0 Å². The molecule has 0 heterocycles. The minimum Gasteiger partial charge on any atom is -0.370 e. The molecule has 0 aliphatic rings. The molecule has 0 radical (unpaired) electrons. The summed E-state index contributed by atoms with van der Waals surface area (Å²) in [5.74, 6) is -0.245. The number of halogens is 1. The zero-order valence-corrected chi connectivity index (χ0v) is 6.94. The van der Waals surface area contributed by atoms with Gasteiger partial charge in [0.1, 0.15) is 0 Å². The van der Waals surface area contributed by atoms with Crippen LogP contribution >= 0.6 is 11.6 Å². The van der Waals surface area contributed by atoms with Gasteiger partial charge in [0.05, 0.1) is 0 Å². The minimum absolute atomic E-state index is 0.245. The Morgan fingerprint density at radius 1 is 1.30 bits per heavy atom. The Bertz CT molecular complexity index is 100. The van der Waals surface area contributed by atoms with E-state index in [-0.39, 0.29) is 11.1 Å². The van der Waals surface area contributed by atoms with Crippen molar-refractivity contribution in [1.82, 2.24) is 0 Å². The lowest BCUT2D eigenvalue weighted by Crippen LogP contribution is -2.06. The third kappa shape index (κ3) is 26.1. The van der Waals surface area contributed by atoms with Crippen LogP contribution in [0, 0.1) is 0 Å². The number of nitrogens with two attached hydrogens (primary N) is 1. The molecule has 60 valence electrons. The predicted molar refractivity (Wildman–Crippen MR) is 40.6 cm³/mol. The number of hydrogen-bond acceptors (Lipinski definition) is 2. The van der Waals surface area contributed by atoms with Crippen LogP contribution in [0.2, 0.25) is 0 Å². The molecule has 0 aromatic carbocycles. The van der Waals surface area contributed by atoms with E-state index in [0.717, 1.165) is 0 Å². The topological polar surface area (TPSA) is 60.2 Å². The van der Waals surface area contributed by atoms with Gasteiger partial charge in [0.25, 0.3) is 0 Å². The van der Waals surface area contributed by atoms with Crippen molar-refractivity contribution in [3.8, 4) is 0 Å². The highest BCUT2D eigenvalue weighted by molar-refractivity contribution is 6.63. The first kappa shape index (κ1) is 12.1. The predicted octanol–water partition coefficient (Wildman–Crippen LogP) is 1.04. The van der Waals surface area contributed by atoms with E-state index in [1.165, 1.54) is 0 Å². The first-order valence-corrected chi connectivity index (χ1v) is 3.39. The summed E-state index contributed by atoms with van der Waals surface area (Å²) in [7, 11) is 0. The van der Waals surface area contributed by atoms with Crippen LogP contribution in [0.1, 0.15) is 26.7 Å². The molecule has 0 fully saturated rings. The molecule has 0 unspecified atom stereocenters.